The summed E-state index contributed by atoms with van der Waals surface area (Å²) in [4.78, 5) is 0. The topological polar surface area (TPSA) is 0 Å². The summed E-state index contributed by atoms with van der Waals surface area (Å²) in [5, 5.41) is 0. The van der Waals surface area contributed by atoms with Crippen molar-refractivity contribution in [3.8, 4) is 0 Å². The van der Waals surface area contributed by atoms with Gasteiger partial charge >= 0.3 is 0 Å². The molecule has 0 N–H and O–H groups in total. The Kier molecular flexibility index (Phi) is 1.81. The van der Waals surface area contributed by atoms with Crippen molar-refractivity contribution in [2.45, 2.75) is 44.9 Å². The van der Waals surface area contributed by atoms with Gasteiger partial charge in [0.2, 0.25) is 0 Å². The first-order valence-electron chi connectivity index (χ1n) is 8.08. The average Bonchev–Trinajstić information content (AvgIpc) is 3.12. The monoisotopic (exact) mass is 228 g/mol. The van der Waals surface area contributed by atoms with E-state index < -0.39 is 0 Å². The van der Waals surface area contributed by atoms with Crippen LogP contribution in [0.4, 0.5) is 0 Å². The van der Waals surface area contributed by atoms with Gasteiger partial charge in [-0.15, -0.1) is 0 Å². The Bertz CT molecular complexity index is 368. The van der Waals surface area contributed by atoms with Crippen LogP contribution in [0.15, 0.2) is 12.2 Å². The van der Waals surface area contributed by atoms with Crippen molar-refractivity contribution in [2.24, 2.45) is 47.3 Å². The van der Waals surface area contributed by atoms with Gasteiger partial charge in [0.25, 0.3) is 0 Å². The van der Waals surface area contributed by atoms with E-state index in [1.165, 1.54) is 30.1 Å². The number of hydrogen-bond donors (Lipinski definition) is 0. The van der Waals surface area contributed by atoms with Crippen LogP contribution < -0.4 is 0 Å². The van der Waals surface area contributed by atoms with E-state index in [4.69, 9.17) is 0 Å². The molecule has 0 heteroatoms. The van der Waals surface area contributed by atoms with Crippen molar-refractivity contribution < 1.29 is 0 Å². The third-order valence-corrected chi connectivity index (χ3v) is 7.36. The van der Waals surface area contributed by atoms with Gasteiger partial charge in [-0.05, 0) is 85.9 Å². The third-order valence-electron chi connectivity index (χ3n) is 7.36. The summed E-state index contributed by atoms with van der Waals surface area (Å²) < 4.78 is 0. The largest absolute Gasteiger partial charge is 0.0851 e. The maximum Gasteiger partial charge on any atom is -0.0196 e. The van der Waals surface area contributed by atoms with E-state index in [0.29, 0.717) is 0 Å². The zero-order chi connectivity index (χ0) is 11.0. The molecule has 8 atom stereocenters. The van der Waals surface area contributed by atoms with Gasteiger partial charge < -0.3 is 0 Å². The molecule has 4 bridgehead atoms. The van der Waals surface area contributed by atoms with Gasteiger partial charge in [-0.3, -0.25) is 0 Å². The van der Waals surface area contributed by atoms with Crippen LogP contribution in [0.2, 0.25) is 0 Å². The third kappa shape index (κ3) is 1.15. The Morgan fingerprint density at radius 1 is 0.647 bits per heavy atom. The molecule has 0 amide bonds. The van der Waals surface area contributed by atoms with Crippen LogP contribution >= 0.6 is 0 Å². The van der Waals surface area contributed by atoms with E-state index in [9.17, 15) is 0 Å². The number of rotatable bonds is 1. The van der Waals surface area contributed by atoms with E-state index in [1.54, 1.807) is 38.5 Å². The minimum atomic E-state index is 0.989. The molecule has 5 aliphatic carbocycles. The highest BCUT2D eigenvalue weighted by atomic mass is 14.6. The molecule has 0 saturated heterocycles. The Morgan fingerprint density at radius 2 is 1.47 bits per heavy atom. The number of hydrogen-bond acceptors (Lipinski definition) is 0. The molecular formula is C17H24. The molecule has 17 heavy (non-hydrogen) atoms. The predicted octanol–water partition coefficient (Wildman–Crippen LogP) is 4.27. The molecule has 0 spiro atoms. The van der Waals surface area contributed by atoms with Crippen molar-refractivity contribution in [2.75, 3.05) is 0 Å². The summed E-state index contributed by atoms with van der Waals surface area (Å²) >= 11 is 0. The molecule has 4 saturated carbocycles. The second-order valence-electron chi connectivity index (χ2n) is 7.76. The molecule has 0 aromatic heterocycles. The van der Waals surface area contributed by atoms with Crippen molar-refractivity contribution in [1.29, 1.82) is 0 Å². The molecule has 0 aliphatic heterocycles. The standard InChI is InChI=1S/C17H24/c1-2-13-12-8-16(14(13)3-1)17(9-12)15-7-10-4-5-11(15)6-10/h4-5,10-17H,1-3,6-9H2. The lowest BCUT2D eigenvalue weighted by molar-refractivity contribution is 0.123. The van der Waals surface area contributed by atoms with Gasteiger partial charge in [0.15, 0.2) is 0 Å². The SMILES string of the molecule is C1=CC2CC1CC2C1CC2CC1C1CCCC21. The predicted molar refractivity (Wildman–Crippen MR) is 69.4 cm³/mol. The Labute approximate surface area is 105 Å². The average molecular weight is 228 g/mol. The lowest BCUT2D eigenvalue weighted by Gasteiger charge is -2.37. The van der Waals surface area contributed by atoms with Crippen LogP contribution in [0.3, 0.4) is 0 Å². The fraction of sp³-hybridized carbons (Fsp3) is 0.882. The zero-order valence-electron chi connectivity index (χ0n) is 10.7. The van der Waals surface area contributed by atoms with E-state index >= 15 is 0 Å². The van der Waals surface area contributed by atoms with Crippen molar-refractivity contribution >= 4 is 0 Å². The zero-order valence-corrected chi connectivity index (χ0v) is 10.7. The first-order chi connectivity index (χ1) is 8.40. The maximum atomic E-state index is 2.58. The Hall–Kier alpha value is -0.260. The highest BCUT2D eigenvalue weighted by Gasteiger charge is 2.57. The van der Waals surface area contributed by atoms with Gasteiger partial charge in [0.1, 0.15) is 0 Å². The summed E-state index contributed by atoms with van der Waals surface area (Å²) in [7, 11) is 0. The summed E-state index contributed by atoms with van der Waals surface area (Å²) in [5.74, 6) is 8.96. The fourth-order valence-corrected chi connectivity index (χ4v) is 6.93. The highest BCUT2D eigenvalue weighted by Crippen LogP contribution is 2.65. The maximum absolute atomic E-state index is 2.58. The normalized spacial score (nSPS) is 62.6. The Morgan fingerprint density at radius 3 is 2.24 bits per heavy atom. The second-order valence-corrected chi connectivity index (χ2v) is 7.76. The van der Waals surface area contributed by atoms with Crippen LogP contribution in [0.5, 0.6) is 0 Å². The lowest BCUT2D eigenvalue weighted by Crippen LogP contribution is -2.31. The first-order valence-corrected chi connectivity index (χ1v) is 8.08. The summed E-state index contributed by atoms with van der Waals surface area (Å²) in [6, 6.07) is 0. The van der Waals surface area contributed by atoms with Crippen molar-refractivity contribution in [3.63, 3.8) is 0 Å². The molecule has 5 aliphatic rings. The molecule has 8 unspecified atom stereocenters. The molecule has 0 radical (unpaired) electrons. The smallest absolute Gasteiger partial charge is 0.0196 e. The molecule has 0 nitrogen and oxygen atoms in total. The van der Waals surface area contributed by atoms with E-state index in [1.807, 2.05) is 0 Å². The molecule has 0 heterocycles. The number of allylic oxidation sites excluding steroid dienone is 2. The Balaban J connectivity index is 1.42. The minimum absolute atomic E-state index is 0.989. The lowest BCUT2D eigenvalue weighted by atomic mass is 9.68. The summed E-state index contributed by atoms with van der Waals surface area (Å²) in [6.07, 6.45) is 16.2. The van der Waals surface area contributed by atoms with Crippen molar-refractivity contribution in [1.82, 2.24) is 0 Å². The minimum Gasteiger partial charge on any atom is -0.0851 e. The van der Waals surface area contributed by atoms with Crippen LogP contribution in [0, 0.1) is 47.3 Å². The second kappa shape index (κ2) is 3.19. The van der Waals surface area contributed by atoms with Gasteiger partial charge in [-0.25, -0.2) is 0 Å². The van der Waals surface area contributed by atoms with Gasteiger partial charge in [-0.1, -0.05) is 18.6 Å². The number of fused-ring (bicyclic) bond motifs is 7. The highest BCUT2D eigenvalue weighted by molar-refractivity contribution is 5.14. The summed E-state index contributed by atoms with van der Waals surface area (Å²) in [5.41, 5.74) is 0. The van der Waals surface area contributed by atoms with E-state index in [-0.39, 0.29) is 0 Å². The fourth-order valence-electron chi connectivity index (χ4n) is 6.93. The van der Waals surface area contributed by atoms with Crippen LogP contribution in [0.25, 0.3) is 0 Å². The molecule has 5 rings (SSSR count). The van der Waals surface area contributed by atoms with E-state index in [0.717, 1.165) is 23.7 Å². The molecule has 0 aromatic carbocycles. The van der Waals surface area contributed by atoms with Gasteiger partial charge in [0.05, 0.1) is 0 Å². The van der Waals surface area contributed by atoms with Gasteiger partial charge in [-0.2, -0.15) is 0 Å². The van der Waals surface area contributed by atoms with E-state index in [2.05, 4.69) is 12.2 Å². The van der Waals surface area contributed by atoms with Crippen LogP contribution in [-0.2, 0) is 0 Å². The van der Waals surface area contributed by atoms with Gasteiger partial charge in [0, 0.05) is 0 Å². The quantitative estimate of drug-likeness (QED) is 0.588. The van der Waals surface area contributed by atoms with Crippen LogP contribution in [0.1, 0.15) is 44.9 Å². The van der Waals surface area contributed by atoms with Crippen molar-refractivity contribution in [3.05, 3.63) is 12.2 Å². The first kappa shape index (κ1) is 9.64. The molecule has 4 fully saturated rings. The molecular weight excluding hydrogens is 204 g/mol. The summed E-state index contributed by atoms with van der Waals surface area (Å²) in [6.45, 7) is 0. The molecule has 0 aromatic rings. The van der Waals surface area contributed by atoms with Crippen LogP contribution in [-0.4, -0.2) is 0 Å². The molecule has 92 valence electrons.